The van der Waals surface area contributed by atoms with Gasteiger partial charge < -0.3 is 4.74 Å². The van der Waals surface area contributed by atoms with Crippen LogP contribution in [0, 0.1) is 0 Å². The summed E-state index contributed by atoms with van der Waals surface area (Å²) in [5.74, 6) is 0.310. The van der Waals surface area contributed by atoms with Gasteiger partial charge in [0.15, 0.2) is 0 Å². The summed E-state index contributed by atoms with van der Waals surface area (Å²) < 4.78 is 85.3. The first-order valence-electron chi connectivity index (χ1n) is 9.43. The zero-order valence-electron chi connectivity index (χ0n) is 17.7. The Balaban J connectivity index is 2.28. The Bertz CT molecular complexity index is 1480. The van der Waals surface area contributed by atoms with E-state index in [2.05, 4.69) is 6.58 Å². The minimum Gasteiger partial charge on any atom is -0.497 e. The molecule has 0 aliphatic heterocycles. The third-order valence-electron chi connectivity index (χ3n) is 4.63. The Hall–Kier alpha value is -2.99. The summed E-state index contributed by atoms with van der Waals surface area (Å²) in [5.41, 5.74) is 1.27. The predicted molar refractivity (Wildman–Crippen MR) is 124 cm³/mol. The number of ether oxygens (including phenoxy) is 1. The maximum atomic E-state index is 13.5. The summed E-state index contributed by atoms with van der Waals surface area (Å²) in [6.45, 7) is 5.47. The van der Waals surface area contributed by atoms with Crippen LogP contribution >= 0.6 is 0 Å². The number of methoxy groups -OCH3 is 1. The Morgan fingerprint density at radius 3 is 1.45 bits per heavy atom. The van der Waals surface area contributed by atoms with Crippen LogP contribution in [-0.2, 0) is 30.1 Å². The molecule has 0 bridgehead atoms. The molecule has 0 atom stereocenters. The van der Waals surface area contributed by atoms with Crippen LogP contribution in [0.5, 0.6) is 5.75 Å². The second-order valence-electron chi connectivity index (χ2n) is 6.94. The van der Waals surface area contributed by atoms with Gasteiger partial charge in [-0.1, -0.05) is 42.5 Å². The molecule has 0 heterocycles. The van der Waals surface area contributed by atoms with Crippen LogP contribution in [0.2, 0.25) is 0 Å². The number of sulfonamides is 3. The molecule has 3 aromatic carbocycles. The van der Waals surface area contributed by atoms with Crippen molar-refractivity contribution >= 4 is 35.6 Å². The molecule has 0 unspecified atom stereocenters. The fourth-order valence-electron chi connectivity index (χ4n) is 2.90. The highest BCUT2D eigenvalue weighted by Gasteiger charge is 2.47. The summed E-state index contributed by atoms with van der Waals surface area (Å²) in [4.78, 5) is -1.54. The van der Waals surface area contributed by atoms with Crippen molar-refractivity contribution in [3.8, 4) is 5.75 Å². The zero-order valence-corrected chi connectivity index (χ0v) is 20.2. The molecule has 3 rings (SSSR count). The number of benzene rings is 3. The van der Waals surface area contributed by atoms with E-state index in [0.29, 0.717) is 16.9 Å². The van der Waals surface area contributed by atoms with Gasteiger partial charge >= 0.3 is 0 Å². The lowest BCUT2D eigenvalue weighted by Crippen LogP contribution is -2.41. The minimum atomic E-state index is -5.08. The second-order valence-corrected chi connectivity index (χ2v) is 13.0. The number of hydrogen-bond acceptors (Lipinski definition) is 7. The maximum absolute atomic E-state index is 13.5. The van der Waals surface area contributed by atoms with Crippen molar-refractivity contribution in [2.24, 2.45) is 0 Å². The van der Waals surface area contributed by atoms with Gasteiger partial charge in [0.1, 0.15) is 5.75 Å². The van der Waals surface area contributed by atoms with Crippen LogP contribution in [0.15, 0.2) is 100 Å². The zero-order chi connectivity index (χ0) is 24.4. The molecule has 0 saturated heterocycles. The topological polar surface area (TPSA) is 115 Å². The Morgan fingerprint density at radius 2 is 1.06 bits per heavy atom. The van der Waals surface area contributed by atoms with Crippen LogP contribution in [0.25, 0.3) is 5.57 Å². The number of allylic oxidation sites excluding steroid dienone is 1. The third-order valence-corrected chi connectivity index (χ3v) is 11.9. The predicted octanol–water partition coefficient (Wildman–Crippen LogP) is 3.50. The van der Waals surface area contributed by atoms with Crippen LogP contribution < -0.4 is 4.74 Å². The van der Waals surface area contributed by atoms with Gasteiger partial charge in [0.05, 0.1) is 21.8 Å². The molecule has 0 amide bonds. The van der Waals surface area contributed by atoms with Crippen molar-refractivity contribution in [1.82, 2.24) is 3.12 Å². The van der Waals surface area contributed by atoms with E-state index in [4.69, 9.17) is 4.74 Å². The van der Waals surface area contributed by atoms with Gasteiger partial charge in [-0.3, -0.25) is 0 Å². The molecule has 0 N–H and O–H groups in total. The van der Waals surface area contributed by atoms with Crippen molar-refractivity contribution in [1.29, 1.82) is 0 Å². The molecule has 0 spiro atoms. The van der Waals surface area contributed by atoms with Gasteiger partial charge in [-0.15, -0.1) is 0 Å². The molecule has 33 heavy (non-hydrogen) atoms. The van der Waals surface area contributed by atoms with Crippen molar-refractivity contribution in [3.05, 3.63) is 91.0 Å². The van der Waals surface area contributed by atoms with E-state index in [1.807, 2.05) is 0 Å². The van der Waals surface area contributed by atoms with Crippen molar-refractivity contribution in [3.63, 3.8) is 0 Å². The van der Waals surface area contributed by atoms with E-state index in [0.717, 1.165) is 36.4 Å². The molecule has 0 aliphatic rings. The first-order valence-corrected chi connectivity index (χ1v) is 13.7. The molecule has 0 aliphatic carbocycles. The first kappa shape index (κ1) is 24.6. The second kappa shape index (κ2) is 9.10. The summed E-state index contributed by atoms with van der Waals surface area (Å²) >= 11 is 0. The Kier molecular flexibility index (Phi) is 6.80. The lowest BCUT2D eigenvalue weighted by molar-refractivity contribution is 0.414. The van der Waals surface area contributed by atoms with Crippen LogP contribution in [0.3, 0.4) is 0 Å². The van der Waals surface area contributed by atoms with Crippen molar-refractivity contribution in [2.45, 2.75) is 21.6 Å². The van der Waals surface area contributed by atoms with Crippen LogP contribution in [0.1, 0.15) is 12.5 Å². The monoisotopic (exact) mass is 507 g/mol. The van der Waals surface area contributed by atoms with Gasteiger partial charge in [-0.2, -0.15) is 0 Å². The molecule has 174 valence electrons. The van der Waals surface area contributed by atoms with E-state index >= 15 is 0 Å². The van der Waals surface area contributed by atoms with E-state index in [1.54, 1.807) is 6.92 Å². The van der Waals surface area contributed by atoms with Gasteiger partial charge in [-0.25, -0.2) is 25.3 Å². The molecule has 0 saturated carbocycles. The normalized spacial score (nSPS) is 12.5. The number of rotatable bonds is 8. The average Bonchev–Trinajstić information content (AvgIpc) is 2.79. The summed E-state index contributed by atoms with van der Waals surface area (Å²) in [6.07, 6.45) is 0. The molecule has 3 aromatic rings. The number of hydrogen-bond donors (Lipinski definition) is 0. The fourth-order valence-corrected chi connectivity index (χ4v) is 9.52. The lowest BCUT2D eigenvalue weighted by Gasteiger charge is -2.22. The first-order chi connectivity index (χ1) is 15.4. The molecule has 0 aromatic heterocycles. The Labute approximate surface area is 193 Å². The largest absolute Gasteiger partial charge is 0.497 e. The highest BCUT2D eigenvalue weighted by Crippen LogP contribution is 2.32. The van der Waals surface area contributed by atoms with Crippen LogP contribution in [0.4, 0.5) is 0 Å². The lowest BCUT2D eigenvalue weighted by atomic mass is 10.1. The Morgan fingerprint density at radius 1 is 0.667 bits per heavy atom. The van der Waals surface area contributed by atoms with E-state index in [-0.39, 0.29) is 0 Å². The quantitative estimate of drug-likeness (QED) is 0.458. The van der Waals surface area contributed by atoms with Gasteiger partial charge in [0.2, 0.25) is 0 Å². The molecular formula is C22H21NO7S3. The SMILES string of the molecule is C=C(C)c1ccc(S(=O)(=O)N(S(=O)(=O)c2ccccc2)S(=O)(=O)c2ccc(OC)cc2)cc1. The summed E-state index contributed by atoms with van der Waals surface area (Å²) in [6, 6.07) is 16.3. The molecular weight excluding hydrogens is 486 g/mol. The molecule has 0 radical (unpaired) electrons. The highest BCUT2D eigenvalue weighted by atomic mass is 32.3. The highest BCUT2D eigenvalue weighted by molar-refractivity contribution is 8.17. The summed E-state index contributed by atoms with van der Waals surface area (Å²) in [7, 11) is -13.8. The van der Waals surface area contributed by atoms with Crippen LogP contribution in [-0.4, -0.2) is 35.5 Å². The molecule has 0 fully saturated rings. The maximum Gasteiger partial charge on any atom is 0.270 e. The van der Waals surface area contributed by atoms with E-state index in [9.17, 15) is 25.3 Å². The molecule has 11 heteroatoms. The van der Waals surface area contributed by atoms with Gasteiger partial charge in [0, 0.05) is 3.12 Å². The van der Waals surface area contributed by atoms with Gasteiger partial charge in [-0.05, 0) is 61.0 Å². The summed E-state index contributed by atoms with van der Waals surface area (Å²) in [5, 5.41) is 0. The van der Waals surface area contributed by atoms with E-state index < -0.39 is 47.9 Å². The fraction of sp³-hybridized carbons (Fsp3) is 0.0909. The average molecular weight is 508 g/mol. The molecule has 8 nitrogen and oxygen atoms in total. The minimum absolute atomic E-state index is 0.310. The third kappa shape index (κ3) is 4.71. The van der Waals surface area contributed by atoms with Gasteiger partial charge in [0.25, 0.3) is 30.1 Å². The van der Waals surface area contributed by atoms with Crippen molar-refractivity contribution < 1.29 is 30.0 Å². The standard InChI is InChI=1S/C22H21NO7S3/c1-17(2)18-9-13-21(14-10-18)32(26,27)23(31(24,25)20-7-5-4-6-8-20)33(28,29)22-15-11-19(30-3)12-16-22/h4-16H,1H2,2-3H3. The van der Waals surface area contributed by atoms with E-state index in [1.165, 1.54) is 49.6 Å². The smallest absolute Gasteiger partial charge is 0.270 e. The van der Waals surface area contributed by atoms with Crippen molar-refractivity contribution in [2.75, 3.05) is 7.11 Å². The number of nitrogens with zero attached hydrogens (tertiary/aromatic N) is 1.